The van der Waals surface area contributed by atoms with Gasteiger partial charge in [0.15, 0.2) is 0 Å². The highest BCUT2D eigenvalue weighted by Crippen LogP contribution is 2.29. The molecule has 0 saturated carbocycles. The van der Waals surface area contributed by atoms with Crippen molar-refractivity contribution in [1.82, 2.24) is 19.6 Å². The van der Waals surface area contributed by atoms with Crippen LogP contribution in [0.4, 0.5) is 5.69 Å². The first-order valence-electron chi connectivity index (χ1n) is 8.67. The van der Waals surface area contributed by atoms with Crippen molar-refractivity contribution in [2.45, 2.75) is 45.7 Å². The lowest BCUT2D eigenvalue weighted by atomic mass is 10.2. The topological polar surface area (TPSA) is 81.8 Å². The minimum absolute atomic E-state index is 0.148. The summed E-state index contributed by atoms with van der Waals surface area (Å²) < 4.78 is 31.7. The fourth-order valence-electron chi connectivity index (χ4n) is 3.03. The predicted octanol–water partition coefficient (Wildman–Crippen LogP) is 4.18. The number of benzene rings is 1. The largest absolute Gasteiger partial charge is 0.276 e. The fraction of sp³-hybridized carbons (Fsp3) is 0.333. The molecule has 150 valence electrons. The van der Waals surface area contributed by atoms with E-state index in [0.29, 0.717) is 45.9 Å². The Morgan fingerprint density at radius 3 is 2.29 bits per heavy atom. The van der Waals surface area contributed by atoms with Gasteiger partial charge in [-0.25, -0.2) is 8.42 Å². The first-order valence-corrected chi connectivity index (χ1v) is 10.9. The normalized spacial score (nSPS) is 11.8. The second-order valence-electron chi connectivity index (χ2n) is 6.42. The molecular weight excluding hydrogens is 421 g/mol. The Balaban J connectivity index is 1.95. The van der Waals surface area contributed by atoms with Gasteiger partial charge in [-0.3, -0.25) is 14.1 Å². The minimum atomic E-state index is -3.79. The van der Waals surface area contributed by atoms with Gasteiger partial charge in [-0.2, -0.15) is 10.2 Å². The standard InChI is InChI=1S/C18H21Cl2N5O2S/c1-5-24-12(3)17(9-21-24)28(26,27)23-18-11(2)22-25(13(18)4)10-14-15(19)7-6-8-16(14)20/h6-9,23H,5,10H2,1-4H3. The molecule has 2 heterocycles. The van der Waals surface area contributed by atoms with Crippen LogP contribution in [-0.2, 0) is 23.1 Å². The molecule has 3 rings (SSSR count). The van der Waals surface area contributed by atoms with Gasteiger partial charge in [-0.1, -0.05) is 29.3 Å². The Morgan fingerprint density at radius 2 is 1.71 bits per heavy atom. The maximum Gasteiger partial charge on any atom is 0.265 e. The highest BCUT2D eigenvalue weighted by Gasteiger charge is 2.24. The summed E-state index contributed by atoms with van der Waals surface area (Å²) in [4.78, 5) is 0.148. The Labute approximate surface area is 174 Å². The third-order valence-electron chi connectivity index (χ3n) is 4.63. The van der Waals surface area contributed by atoms with E-state index in [1.807, 2.05) is 6.92 Å². The van der Waals surface area contributed by atoms with Gasteiger partial charge in [0.05, 0.1) is 35.5 Å². The Kier molecular flexibility index (Phi) is 5.74. The van der Waals surface area contributed by atoms with Gasteiger partial charge in [0.25, 0.3) is 10.0 Å². The van der Waals surface area contributed by atoms with E-state index in [1.165, 1.54) is 6.20 Å². The molecule has 0 bridgehead atoms. The molecule has 7 nitrogen and oxygen atoms in total. The SMILES string of the molecule is CCn1ncc(S(=O)(=O)Nc2c(C)nn(Cc3c(Cl)cccc3Cl)c2C)c1C. The summed E-state index contributed by atoms with van der Waals surface area (Å²) in [7, 11) is -3.79. The van der Waals surface area contributed by atoms with E-state index in [4.69, 9.17) is 23.2 Å². The van der Waals surface area contributed by atoms with Crippen molar-refractivity contribution in [3.05, 3.63) is 57.1 Å². The molecule has 0 saturated heterocycles. The van der Waals surface area contributed by atoms with Crippen LogP contribution in [-0.4, -0.2) is 28.0 Å². The first kappa shape index (κ1) is 20.7. The predicted molar refractivity (Wildman–Crippen MR) is 111 cm³/mol. The van der Waals surface area contributed by atoms with Crippen LogP contribution in [0.5, 0.6) is 0 Å². The average molecular weight is 442 g/mol. The number of anilines is 1. The van der Waals surface area contributed by atoms with E-state index >= 15 is 0 Å². The number of rotatable bonds is 6. The van der Waals surface area contributed by atoms with Crippen molar-refractivity contribution in [2.75, 3.05) is 4.72 Å². The second-order valence-corrected chi connectivity index (χ2v) is 8.88. The second kappa shape index (κ2) is 7.77. The van der Waals surface area contributed by atoms with E-state index in [1.54, 1.807) is 48.3 Å². The smallest absolute Gasteiger partial charge is 0.265 e. The van der Waals surface area contributed by atoms with Crippen LogP contribution in [0, 0.1) is 20.8 Å². The average Bonchev–Trinajstić information content (AvgIpc) is 3.13. The number of aryl methyl sites for hydroxylation is 2. The summed E-state index contributed by atoms with van der Waals surface area (Å²) in [6.07, 6.45) is 1.36. The van der Waals surface area contributed by atoms with Gasteiger partial charge in [-0.05, 0) is 39.8 Å². The first-order chi connectivity index (χ1) is 13.2. The molecule has 0 fully saturated rings. The molecule has 2 aromatic heterocycles. The van der Waals surface area contributed by atoms with Crippen LogP contribution in [0.1, 0.15) is 29.6 Å². The zero-order chi connectivity index (χ0) is 20.6. The Hall–Kier alpha value is -2.03. The Bertz CT molecular complexity index is 1120. The molecule has 3 aromatic rings. The molecule has 0 amide bonds. The molecule has 1 N–H and O–H groups in total. The monoisotopic (exact) mass is 441 g/mol. The van der Waals surface area contributed by atoms with Crippen LogP contribution in [0.25, 0.3) is 0 Å². The van der Waals surface area contributed by atoms with Gasteiger partial charge in [-0.15, -0.1) is 0 Å². The maximum absolute atomic E-state index is 12.9. The number of hydrogen-bond acceptors (Lipinski definition) is 4. The third kappa shape index (κ3) is 3.76. The highest BCUT2D eigenvalue weighted by atomic mass is 35.5. The lowest BCUT2D eigenvalue weighted by Crippen LogP contribution is -2.15. The van der Waals surface area contributed by atoms with E-state index < -0.39 is 10.0 Å². The summed E-state index contributed by atoms with van der Waals surface area (Å²) in [5.74, 6) is 0. The van der Waals surface area contributed by atoms with Gasteiger partial charge < -0.3 is 0 Å². The molecule has 0 unspecified atom stereocenters. The van der Waals surface area contributed by atoms with Crippen molar-refractivity contribution in [3.8, 4) is 0 Å². The number of halogens is 2. The molecule has 0 aliphatic rings. The molecule has 28 heavy (non-hydrogen) atoms. The summed E-state index contributed by atoms with van der Waals surface area (Å²) in [5.41, 5.74) is 2.97. The lowest BCUT2D eigenvalue weighted by molar-refractivity contribution is 0.598. The van der Waals surface area contributed by atoms with Crippen molar-refractivity contribution >= 4 is 38.9 Å². The Morgan fingerprint density at radius 1 is 1.07 bits per heavy atom. The van der Waals surface area contributed by atoms with Gasteiger partial charge in [0.1, 0.15) is 4.90 Å². The summed E-state index contributed by atoms with van der Waals surface area (Å²) >= 11 is 12.5. The zero-order valence-electron chi connectivity index (χ0n) is 16.0. The van der Waals surface area contributed by atoms with Crippen molar-refractivity contribution in [1.29, 1.82) is 0 Å². The fourth-order valence-corrected chi connectivity index (χ4v) is 4.90. The summed E-state index contributed by atoms with van der Waals surface area (Å²) in [6, 6.07) is 5.28. The van der Waals surface area contributed by atoms with Crippen LogP contribution < -0.4 is 4.72 Å². The molecule has 0 radical (unpaired) electrons. The van der Waals surface area contributed by atoms with Crippen molar-refractivity contribution < 1.29 is 8.42 Å². The number of sulfonamides is 1. The molecular formula is C18H21Cl2N5O2S. The van der Waals surface area contributed by atoms with Crippen LogP contribution in [0.2, 0.25) is 10.0 Å². The number of aromatic nitrogens is 4. The molecule has 10 heteroatoms. The van der Waals surface area contributed by atoms with Crippen LogP contribution in [0.15, 0.2) is 29.3 Å². The molecule has 0 aliphatic heterocycles. The number of hydrogen-bond donors (Lipinski definition) is 1. The van der Waals surface area contributed by atoms with Crippen LogP contribution in [0.3, 0.4) is 0 Å². The van der Waals surface area contributed by atoms with Gasteiger partial charge in [0, 0.05) is 22.2 Å². The zero-order valence-corrected chi connectivity index (χ0v) is 18.3. The van der Waals surface area contributed by atoms with E-state index in [-0.39, 0.29) is 4.90 Å². The molecule has 1 aromatic carbocycles. The summed E-state index contributed by atoms with van der Waals surface area (Å²) in [6.45, 7) is 8.11. The lowest BCUT2D eigenvalue weighted by Gasteiger charge is -2.10. The van der Waals surface area contributed by atoms with Crippen molar-refractivity contribution in [3.63, 3.8) is 0 Å². The third-order valence-corrected chi connectivity index (χ3v) is 6.80. The van der Waals surface area contributed by atoms with E-state index in [9.17, 15) is 8.42 Å². The highest BCUT2D eigenvalue weighted by molar-refractivity contribution is 7.92. The van der Waals surface area contributed by atoms with Gasteiger partial charge in [0.2, 0.25) is 0 Å². The van der Waals surface area contributed by atoms with Crippen LogP contribution >= 0.6 is 23.2 Å². The van der Waals surface area contributed by atoms with Crippen molar-refractivity contribution in [2.24, 2.45) is 0 Å². The maximum atomic E-state index is 12.9. The molecule has 0 spiro atoms. The minimum Gasteiger partial charge on any atom is -0.276 e. The molecule has 0 aliphatic carbocycles. The van der Waals surface area contributed by atoms with E-state index in [0.717, 1.165) is 5.56 Å². The number of nitrogens with zero attached hydrogens (tertiary/aromatic N) is 4. The summed E-state index contributed by atoms with van der Waals surface area (Å²) in [5, 5.41) is 9.64. The van der Waals surface area contributed by atoms with Gasteiger partial charge >= 0.3 is 0 Å². The number of nitrogens with one attached hydrogen (secondary N) is 1. The van der Waals surface area contributed by atoms with E-state index in [2.05, 4.69) is 14.9 Å². The molecule has 0 atom stereocenters. The quantitative estimate of drug-likeness (QED) is 0.621.